The second-order valence-electron chi connectivity index (χ2n) is 6.43. The molecule has 2 N–H and O–H groups in total. The zero-order valence-corrected chi connectivity index (χ0v) is 15.6. The highest BCUT2D eigenvalue weighted by Gasteiger charge is 2.48. The Morgan fingerprint density at radius 2 is 1.92 bits per heavy atom. The van der Waals surface area contributed by atoms with Crippen molar-refractivity contribution < 1.29 is 28.1 Å². The van der Waals surface area contributed by atoms with Crippen LogP contribution >= 0.6 is 20.7 Å². The number of aliphatic hydroxyl groups excluding tert-OH is 2. The van der Waals surface area contributed by atoms with Crippen molar-refractivity contribution in [3.05, 3.63) is 32.5 Å². The molecule has 1 fully saturated rings. The molecule has 24 heavy (non-hydrogen) atoms. The Morgan fingerprint density at radius 1 is 1.21 bits per heavy atom. The fourth-order valence-corrected chi connectivity index (χ4v) is 6.77. The van der Waals surface area contributed by atoms with Crippen LogP contribution in [0.15, 0.2) is 32.5 Å². The summed E-state index contributed by atoms with van der Waals surface area (Å²) in [6.07, 6.45) is -2.61. The number of ether oxygens (including phenoxy) is 1. The number of allylic oxidation sites excluding steroid dienone is 5. The summed E-state index contributed by atoms with van der Waals surface area (Å²) in [5, 5.41) is 19.5. The van der Waals surface area contributed by atoms with Gasteiger partial charge in [-0.2, -0.15) is 13.2 Å². The Balaban J connectivity index is 1.96. The van der Waals surface area contributed by atoms with Crippen molar-refractivity contribution in [2.45, 2.75) is 51.9 Å². The Hall–Kier alpha value is -0.510. The van der Waals surface area contributed by atoms with Crippen LogP contribution in [0.4, 0.5) is 13.2 Å². The first-order valence-electron chi connectivity index (χ1n) is 7.84. The number of hydrogen-bond acceptors (Lipinski definition) is 3. The lowest BCUT2D eigenvalue weighted by molar-refractivity contribution is -0.166. The van der Waals surface area contributed by atoms with E-state index in [1.165, 1.54) is 17.7 Å². The van der Waals surface area contributed by atoms with Gasteiger partial charge in [0.25, 0.3) is 0 Å². The number of rotatable bonds is 2. The summed E-state index contributed by atoms with van der Waals surface area (Å²) >= 11 is -0.751. The molecule has 4 atom stereocenters. The van der Waals surface area contributed by atoms with Gasteiger partial charge in [0.1, 0.15) is 5.92 Å². The van der Waals surface area contributed by atoms with Gasteiger partial charge in [-0.25, -0.2) is 0 Å². The average molecular weight is 456 g/mol. The summed E-state index contributed by atoms with van der Waals surface area (Å²) in [7, 11) is 0. The molecule has 3 aliphatic rings. The fraction of sp³-hybridized carbons (Fsp3) is 0.588. The van der Waals surface area contributed by atoms with Crippen LogP contribution in [0.5, 0.6) is 0 Å². The summed E-state index contributed by atoms with van der Waals surface area (Å²) in [5.74, 6) is -2.14. The van der Waals surface area contributed by atoms with Crippen molar-refractivity contribution in [1.29, 1.82) is 0 Å². The van der Waals surface area contributed by atoms with Gasteiger partial charge in [0.15, 0.2) is 12.6 Å². The molecule has 0 aromatic heterocycles. The summed E-state index contributed by atoms with van der Waals surface area (Å²) in [6.45, 7) is 3.93. The van der Waals surface area contributed by atoms with Gasteiger partial charge in [0, 0.05) is 5.92 Å². The SMILES string of the molecule is CC1=C(C)I=C([C@H](C2=CC=C3C(O)OC(O)C3C2)C(F)(F)F)CC1. The molecule has 7 heteroatoms. The van der Waals surface area contributed by atoms with E-state index in [0.29, 0.717) is 21.9 Å². The maximum absolute atomic E-state index is 13.8. The van der Waals surface area contributed by atoms with E-state index in [9.17, 15) is 23.4 Å². The molecule has 0 aromatic carbocycles. The topological polar surface area (TPSA) is 49.7 Å². The minimum absolute atomic E-state index is 0.0726. The Bertz CT molecular complexity index is 660. The minimum atomic E-state index is -4.33. The van der Waals surface area contributed by atoms with Gasteiger partial charge in [-0.1, -0.05) is 44.0 Å². The van der Waals surface area contributed by atoms with Crippen LogP contribution < -0.4 is 0 Å². The van der Waals surface area contributed by atoms with Crippen LogP contribution in [0.25, 0.3) is 0 Å². The molecule has 3 unspecified atom stereocenters. The van der Waals surface area contributed by atoms with E-state index in [4.69, 9.17) is 4.74 Å². The summed E-state index contributed by atoms with van der Waals surface area (Å²) in [5.41, 5.74) is 1.95. The molecule has 134 valence electrons. The molecule has 0 spiro atoms. The first kappa shape index (κ1) is 18.3. The standard InChI is InChI=1S/C17H20F3IO3/c1-8-3-6-13(21-9(8)2)14(17(18,19)20)10-4-5-11-12(7-10)16(23)24-15(11)22/h4-5,12,14-16,22-23H,3,6-7H2,1-2H3/t12?,14-,15?,16?/m0/s1. The van der Waals surface area contributed by atoms with Gasteiger partial charge in [-0.3, -0.25) is 0 Å². The molecule has 3 rings (SSSR count). The van der Waals surface area contributed by atoms with Gasteiger partial charge in [-0.15, -0.1) is 0 Å². The first-order chi connectivity index (χ1) is 11.2. The molecular weight excluding hydrogens is 436 g/mol. The predicted molar refractivity (Wildman–Crippen MR) is 93.6 cm³/mol. The molecule has 0 saturated carbocycles. The Labute approximate surface area is 148 Å². The highest BCUT2D eigenvalue weighted by molar-refractivity contribution is 14.2. The zero-order valence-electron chi connectivity index (χ0n) is 13.4. The zero-order chi connectivity index (χ0) is 17.6. The van der Waals surface area contributed by atoms with E-state index < -0.39 is 51.3 Å². The van der Waals surface area contributed by atoms with Crippen LogP contribution in [0.2, 0.25) is 0 Å². The van der Waals surface area contributed by atoms with Gasteiger partial charge in [0.05, 0.1) is 0 Å². The smallest absolute Gasteiger partial charge is 0.367 e. The van der Waals surface area contributed by atoms with E-state index in [1.54, 1.807) is 0 Å². The molecule has 1 aliphatic carbocycles. The third-order valence-corrected chi connectivity index (χ3v) is 8.46. The molecule has 3 nitrogen and oxygen atoms in total. The van der Waals surface area contributed by atoms with Crippen molar-refractivity contribution >= 4 is 24.2 Å². The number of fused-ring (bicyclic) bond motifs is 1. The summed E-state index contributed by atoms with van der Waals surface area (Å²) in [4.78, 5) is 0. The monoisotopic (exact) mass is 456 g/mol. The van der Waals surface area contributed by atoms with Gasteiger partial charge >= 0.3 is 6.18 Å². The van der Waals surface area contributed by atoms with Crippen molar-refractivity contribution in [1.82, 2.24) is 0 Å². The fourth-order valence-electron chi connectivity index (χ4n) is 3.39. The quantitative estimate of drug-likeness (QED) is 0.620. The second-order valence-corrected chi connectivity index (χ2v) is 9.97. The maximum atomic E-state index is 13.8. The highest BCUT2D eigenvalue weighted by Crippen LogP contribution is 2.46. The lowest BCUT2D eigenvalue weighted by Gasteiger charge is -2.31. The van der Waals surface area contributed by atoms with Crippen LogP contribution in [-0.2, 0) is 4.74 Å². The molecule has 1 saturated heterocycles. The molecule has 2 heterocycles. The van der Waals surface area contributed by atoms with Crippen molar-refractivity contribution in [2.75, 3.05) is 0 Å². The summed E-state index contributed by atoms with van der Waals surface area (Å²) < 4.78 is 48.1. The molecule has 0 aromatic rings. The van der Waals surface area contributed by atoms with E-state index in [-0.39, 0.29) is 12.0 Å². The van der Waals surface area contributed by atoms with E-state index in [1.807, 2.05) is 13.8 Å². The van der Waals surface area contributed by atoms with E-state index in [2.05, 4.69) is 0 Å². The highest BCUT2D eigenvalue weighted by atomic mass is 127. The number of alkyl halides is 3. The van der Waals surface area contributed by atoms with Crippen molar-refractivity contribution in [3.63, 3.8) is 0 Å². The molecule has 0 amide bonds. The molecule has 0 bridgehead atoms. The van der Waals surface area contributed by atoms with Gasteiger partial charge in [0.2, 0.25) is 0 Å². The summed E-state index contributed by atoms with van der Waals surface area (Å²) in [6, 6.07) is 0. The third kappa shape index (κ3) is 3.40. The predicted octanol–water partition coefficient (Wildman–Crippen LogP) is 3.94. The number of halogens is 4. The Kier molecular flexibility index (Phi) is 5.07. The van der Waals surface area contributed by atoms with Crippen LogP contribution in [-0.4, -0.2) is 32.5 Å². The maximum Gasteiger partial charge on any atom is 0.399 e. The van der Waals surface area contributed by atoms with Crippen LogP contribution in [0.1, 0.15) is 33.1 Å². The molecular formula is C17H20F3IO3. The van der Waals surface area contributed by atoms with E-state index >= 15 is 0 Å². The lowest BCUT2D eigenvalue weighted by atomic mass is 9.80. The van der Waals surface area contributed by atoms with Crippen LogP contribution in [0.3, 0.4) is 0 Å². The Morgan fingerprint density at radius 3 is 2.54 bits per heavy atom. The third-order valence-electron chi connectivity index (χ3n) is 4.87. The number of hydrogen-bond donors (Lipinski definition) is 2. The van der Waals surface area contributed by atoms with Crippen molar-refractivity contribution in [2.24, 2.45) is 11.8 Å². The molecule has 2 aliphatic heterocycles. The lowest BCUT2D eigenvalue weighted by Crippen LogP contribution is -2.34. The van der Waals surface area contributed by atoms with Crippen LogP contribution in [0, 0.1) is 11.8 Å². The van der Waals surface area contributed by atoms with Gasteiger partial charge < -0.3 is 14.9 Å². The van der Waals surface area contributed by atoms with E-state index in [0.717, 1.165) is 3.58 Å². The van der Waals surface area contributed by atoms with Gasteiger partial charge in [-0.05, 0) is 45.8 Å². The number of aliphatic hydroxyl groups is 2. The normalized spacial score (nSPS) is 32.5. The van der Waals surface area contributed by atoms with Crippen molar-refractivity contribution in [3.8, 4) is 0 Å². The largest absolute Gasteiger partial charge is 0.399 e. The average Bonchev–Trinajstić information content (AvgIpc) is 2.76. The minimum Gasteiger partial charge on any atom is -0.367 e. The first-order valence-corrected chi connectivity index (χ1v) is 10.00. The second kappa shape index (κ2) is 6.66. The molecule has 0 radical (unpaired) electrons.